The van der Waals surface area contributed by atoms with Crippen LogP contribution in [0.15, 0.2) is 0 Å². The molecule has 0 aliphatic carbocycles. The minimum Gasteiger partial charge on any atom is -0.394 e. The predicted octanol–water partition coefficient (Wildman–Crippen LogP) is 13.9. The van der Waals surface area contributed by atoms with Crippen molar-refractivity contribution >= 4 is 5.91 Å². The van der Waals surface area contributed by atoms with Crippen molar-refractivity contribution in [1.82, 2.24) is 5.32 Å². The summed E-state index contributed by atoms with van der Waals surface area (Å²) in [5, 5.41) is 54.1. The molecule has 9 nitrogen and oxygen atoms in total. The first-order valence-corrected chi connectivity index (χ1v) is 28.7. The first-order chi connectivity index (χ1) is 31.8. The monoisotopic (exact) mass is 926 g/mol. The van der Waals surface area contributed by atoms with Crippen LogP contribution in [0.1, 0.15) is 296 Å². The average molecular weight is 927 g/mol. The number of aliphatic hydroxyl groups excluding tert-OH is 5. The lowest BCUT2D eigenvalue weighted by atomic mass is 9.99. The number of hydrogen-bond donors (Lipinski definition) is 6. The van der Waals surface area contributed by atoms with Crippen molar-refractivity contribution < 1.29 is 39.8 Å². The molecular formula is C56H111NO8. The Balaban J connectivity index is 1.94. The van der Waals surface area contributed by atoms with Crippen LogP contribution in [0, 0.1) is 0 Å². The zero-order valence-electron chi connectivity index (χ0n) is 43.0. The Morgan fingerprint density at radius 3 is 1.09 bits per heavy atom. The Morgan fingerprint density at radius 1 is 0.462 bits per heavy atom. The molecule has 0 aromatic carbocycles. The highest BCUT2D eigenvalue weighted by molar-refractivity contribution is 5.76. The van der Waals surface area contributed by atoms with Crippen molar-refractivity contribution in [3.8, 4) is 0 Å². The number of amides is 1. The fourth-order valence-corrected chi connectivity index (χ4v) is 9.64. The summed E-state index contributed by atoms with van der Waals surface area (Å²) in [5.41, 5.74) is 0. The largest absolute Gasteiger partial charge is 0.394 e. The second kappa shape index (κ2) is 46.9. The van der Waals surface area contributed by atoms with Crippen LogP contribution in [0.2, 0.25) is 0 Å². The van der Waals surface area contributed by atoms with Gasteiger partial charge in [-0.1, -0.05) is 277 Å². The molecule has 1 aliphatic rings. The molecule has 1 aliphatic heterocycles. The summed E-state index contributed by atoms with van der Waals surface area (Å²) >= 11 is 0. The molecule has 0 spiro atoms. The van der Waals surface area contributed by atoms with E-state index in [0.29, 0.717) is 12.8 Å². The van der Waals surface area contributed by atoms with Crippen molar-refractivity contribution in [2.75, 3.05) is 13.2 Å². The first kappa shape index (κ1) is 62.2. The van der Waals surface area contributed by atoms with E-state index in [-0.39, 0.29) is 12.5 Å². The lowest BCUT2D eigenvalue weighted by molar-refractivity contribution is -0.302. The minimum atomic E-state index is -1.55. The molecule has 1 saturated heterocycles. The van der Waals surface area contributed by atoms with Gasteiger partial charge in [0.05, 0.1) is 25.4 Å². The molecule has 388 valence electrons. The highest BCUT2D eigenvalue weighted by Gasteiger charge is 2.44. The summed E-state index contributed by atoms with van der Waals surface area (Å²) in [6.07, 6.45) is 49.3. The molecule has 7 unspecified atom stereocenters. The van der Waals surface area contributed by atoms with Gasteiger partial charge in [-0.3, -0.25) is 4.79 Å². The summed E-state index contributed by atoms with van der Waals surface area (Å²) in [5.74, 6) is -0.143. The third kappa shape index (κ3) is 36.8. The van der Waals surface area contributed by atoms with Crippen LogP contribution in [0.4, 0.5) is 0 Å². The molecule has 0 saturated carbocycles. The van der Waals surface area contributed by atoms with E-state index in [1.54, 1.807) is 0 Å². The van der Waals surface area contributed by atoms with Gasteiger partial charge in [0, 0.05) is 6.42 Å². The number of ether oxygens (including phenoxy) is 2. The number of carbonyl (C=O) groups is 1. The Labute approximate surface area is 402 Å². The zero-order chi connectivity index (χ0) is 47.3. The van der Waals surface area contributed by atoms with Crippen molar-refractivity contribution in [2.45, 2.75) is 339 Å². The van der Waals surface area contributed by atoms with Gasteiger partial charge in [0.2, 0.25) is 5.91 Å². The normalized spacial score (nSPS) is 19.8. The minimum absolute atomic E-state index is 0.134. The van der Waals surface area contributed by atoms with Crippen molar-refractivity contribution in [1.29, 1.82) is 0 Å². The molecular weight excluding hydrogens is 815 g/mol. The highest BCUT2D eigenvalue weighted by Crippen LogP contribution is 2.23. The lowest BCUT2D eigenvalue weighted by Crippen LogP contribution is -2.60. The van der Waals surface area contributed by atoms with Gasteiger partial charge in [-0.25, -0.2) is 0 Å². The molecule has 0 bridgehead atoms. The first-order valence-electron chi connectivity index (χ1n) is 28.7. The molecule has 1 rings (SSSR count). The van der Waals surface area contributed by atoms with Gasteiger partial charge in [-0.15, -0.1) is 0 Å². The molecule has 0 aromatic rings. The maximum absolute atomic E-state index is 12.9. The van der Waals surface area contributed by atoms with Crippen LogP contribution in [-0.2, 0) is 14.3 Å². The molecule has 1 amide bonds. The number of unbranched alkanes of at least 4 members (excludes halogenated alkanes) is 40. The SMILES string of the molecule is CCCCCCCCCCCCCCCCCCCCCCCCCCCCCCCCCCCCCCC(=O)NC(COC1OC(CO)C(O)C(O)C1O)C(O)CCCCCCCC. The van der Waals surface area contributed by atoms with Gasteiger partial charge in [0.25, 0.3) is 0 Å². The Bertz CT molecular complexity index is 986. The second-order valence-corrected chi connectivity index (χ2v) is 20.5. The van der Waals surface area contributed by atoms with Gasteiger partial charge in [-0.2, -0.15) is 0 Å². The third-order valence-electron chi connectivity index (χ3n) is 14.2. The molecule has 7 atom stereocenters. The van der Waals surface area contributed by atoms with E-state index >= 15 is 0 Å². The van der Waals surface area contributed by atoms with E-state index in [2.05, 4.69) is 19.2 Å². The summed E-state index contributed by atoms with van der Waals surface area (Å²) in [6, 6.07) is -0.710. The molecule has 6 N–H and O–H groups in total. The Kier molecular flexibility index (Phi) is 44.9. The summed E-state index contributed by atoms with van der Waals surface area (Å²) < 4.78 is 11.2. The van der Waals surface area contributed by atoms with Crippen LogP contribution in [0.25, 0.3) is 0 Å². The van der Waals surface area contributed by atoms with E-state index in [1.807, 2.05) is 0 Å². The van der Waals surface area contributed by atoms with Gasteiger partial charge >= 0.3 is 0 Å². The fourth-order valence-electron chi connectivity index (χ4n) is 9.64. The lowest BCUT2D eigenvalue weighted by Gasteiger charge is -2.40. The third-order valence-corrected chi connectivity index (χ3v) is 14.2. The molecule has 0 radical (unpaired) electrons. The van der Waals surface area contributed by atoms with Crippen molar-refractivity contribution in [3.05, 3.63) is 0 Å². The van der Waals surface area contributed by atoms with Gasteiger partial charge < -0.3 is 40.3 Å². The molecule has 9 heteroatoms. The zero-order valence-corrected chi connectivity index (χ0v) is 43.0. The number of nitrogens with one attached hydrogen (secondary N) is 1. The maximum atomic E-state index is 12.9. The van der Waals surface area contributed by atoms with Crippen LogP contribution < -0.4 is 5.32 Å². The summed E-state index contributed by atoms with van der Waals surface area (Å²) in [4.78, 5) is 12.9. The number of carbonyl (C=O) groups excluding carboxylic acids is 1. The van der Waals surface area contributed by atoms with Crippen molar-refractivity contribution in [2.24, 2.45) is 0 Å². The van der Waals surface area contributed by atoms with Crippen molar-refractivity contribution in [3.63, 3.8) is 0 Å². The van der Waals surface area contributed by atoms with Crippen LogP contribution in [0.3, 0.4) is 0 Å². The van der Waals surface area contributed by atoms with Crippen LogP contribution in [-0.4, -0.2) is 87.5 Å². The standard InChI is InChI=1S/C56H111NO8/c1-3-5-7-9-11-12-13-14-15-16-17-18-19-20-21-22-23-24-25-26-27-28-29-30-31-32-33-34-35-36-37-38-39-40-42-44-46-52(60)57-49(50(59)45-43-41-10-8-6-4-2)48-64-56-55(63)54(62)53(61)51(47-58)65-56/h49-51,53-56,58-59,61-63H,3-48H2,1-2H3,(H,57,60). The molecule has 0 aromatic heterocycles. The van der Waals surface area contributed by atoms with E-state index in [9.17, 15) is 30.3 Å². The smallest absolute Gasteiger partial charge is 0.220 e. The molecule has 1 fully saturated rings. The van der Waals surface area contributed by atoms with E-state index < -0.39 is 49.5 Å². The topological polar surface area (TPSA) is 149 Å². The van der Waals surface area contributed by atoms with E-state index in [0.717, 1.165) is 38.5 Å². The number of rotatable bonds is 50. The van der Waals surface area contributed by atoms with Gasteiger partial charge in [-0.05, 0) is 12.8 Å². The van der Waals surface area contributed by atoms with E-state index in [1.165, 1.54) is 231 Å². The van der Waals surface area contributed by atoms with E-state index in [4.69, 9.17) is 9.47 Å². The number of aliphatic hydroxyl groups is 5. The fraction of sp³-hybridized carbons (Fsp3) is 0.982. The Hall–Kier alpha value is -0.810. The van der Waals surface area contributed by atoms with Gasteiger partial charge in [0.15, 0.2) is 6.29 Å². The Morgan fingerprint density at radius 2 is 0.769 bits per heavy atom. The summed E-state index contributed by atoms with van der Waals surface area (Å²) in [6.45, 7) is 3.80. The highest BCUT2D eigenvalue weighted by atomic mass is 16.7. The summed E-state index contributed by atoms with van der Waals surface area (Å²) in [7, 11) is 0. The number of hydrogen-bond acceptors (Lipinski definition) is 8. The van der Waals surface area contributed by atoms with Crippen LogP contribution >= 0.6 is 0 Å². The molecule has 1 heterocycles. The average Bonchev–Trinajstić information content (AvgIpc) is 3.31. The quantitative estimate of drug-likeness (QED) is 0.0330. The van der Waals surface area contributed by atoms with Crippen LogP contribution in [0.5, 0.6) is 0 Å². The molecule has 65 heavy (non-hydrogen) atoms. The predicted molar refractivity (Wildman–Crippen MR) is 272 cm³/mol. The second-order valence-electron chi connectivity index (χ2n) is 20.5. The maximum Gasteiger partial charge on any atom is 0.220 e. The van der Waals surface area contributed by atoms with Gasteiger partial charge in [0.1, 0.15) is 24.4 Å².